The van der Waals surface area contributed by atoms with Gasteiger partial charge in [0.2, 0.25) is 5.91 Å². The molecule has 10 aromatic rings. The number of amides is 2. The summed E-state index contributed by atoms with van der Waals surface area (Å²) in [7, 11) is 6.28. The molecular formula is C100H120N20O9. The number of morpholine rings is 3. The van der Waals surface area contributed by atoms with Crippen molar-refractivity contribution in [1.29, 1.82) is 15.8 Å². The lowest BCUT2D eigenvalue weighted by atomic mass is 9.94. The van der Waals surface area contributed by atoms with Crippen molar-refractivity contribution < 1.29 is 44.2 Å². The molecule has 6 fully saturated rings. The van der Waals surface area contributed by atoms with Gasteiger partial charge in [0, 0.05) is 169 Å². The number of piperidine rings is 1. The summed E-state index contributed by atoms with van der Waals surface area (Å²) in [6.07, 6.45) is 6.43. The summed E-state index contributed by atoms with van der Waals surface area (Å²) in [6, 6.07) is 61.8. The van der Waals surface area contributed by atoms with Crippen LogP contribution in [0.5, 0.6) is 18.0 Å². The number of carbonyl (C=O) groups excluding carboxylic acids is 2. The average molecular weight is 1750 g/mol. The number of ether oxygens (including phenoxy) is 7. The molecule has 12 heterocycles. The number of carbonyl (C=O) groups is 2. The standard InChI is InChI=1S/C37H41N7O4.C32H37N7O3.C30H36N6O2.CH4.H2/c1-41-20-21-46-30(23-41)26-47-36-39-33-24-42(34-13-7-11-28-10-5-6-12-31(28)34)17-15-32(33)35(40-36)43-18-19-44(29(22-43)14-16-38)37(45)48-25-27-8-3-2-4-9-27;1-3-30(40)39-16-15-38(19-24(39)11-13-33)31-27-12-14-37(29-10-6-8-23-7-4-5-9-26(23)29)21-28(27)34-32(35-31)42-22-25-20-36(2)17-18-41-25;1-34-16-17-37-24(19-34)21-38-30-32-27-20-35(28-10-4-8-23-7-2-3-9-25(23)28)15-12-26(27)29(33-30)36-14-5-6-22(18-36)11-13-31;;/h2-13,29-30H,14-15,17-26H2,1H3;3-10,24-25H,1,11-12,14-22H2,2H3;2-4,7-10,22,24H,5-6,11-12,14-21H2,1H3;1H4;1H/t29-,30+;24-,25+;22-,24+;;/m000../s1/i;;;;1+1. The molecule has 6 saturated heterocycles. The fraction of sp³-hybridized carbons (Fsp3) is 0.450. The van der Waals surface area contributed by atoms with Crippen molar-refractivity contribution >= 4 is 78.8 Å². The van der Waals surface area contributed by atoms with Crippen molar-refractivity contribution in [3.63, 3.8) is 0 Å². The lowest BCUT2D eigenvalue weighted by molar-refractivity contribution is -0.128. The molecule has 3 aromatic heterocycles. The number of nitrogens with zero attached hydrogens (tertiary/aromatic N) is 20. The molecule has 0 bridgehead atoms. The maximum atomic E-state index is 13.2. The number of anilines is 6. The van der Waals surface area contributed by atoms with E-state index in [9.17, 15) is 25.4 Å². The van der Waals surface area contributed by atoms with Gasteiger partial charge in [-0.1, -0.05) is 154 Å². The van der Waals surface area contributed by atoms with Gasteiger partial charge < -0.3 is 87.1 Å². The number of aromatic nitrogens is 6. The van der Waals surface area contributed by atoms with E-state index in [1.54, 1.807) is 9.80 Å². The third kappa shape index (κ3) is 21.6. The van der Waals surface area contributed by atoms with Gasteiger partial charge in [0.05, 0.1) is 99.7 Å². The summed E-state index contributed by atoms with van der Waals surface area (Å²) >= 11 is 0. The van der Waals surface area contributed by atoms with Gasteiger partial charge in [-0.2, -0.15) is 45.7 Å². The molecule has 0 spiro atoms. The van der Waals surface area contributed by atoms with Crippen LogP contribution in [-0.2, 0) is 69.2 Å². The quantitative estimate of drug-likeness (QED) is 0.0604. The van der Waals surface area contributed by atoms with Crippen LogP contribution in [0.2, 0.25) is 0 Å². The molecule has 9 aliphatic heterocycles. The predicted octanol–water partition coefficient (Wildman–Crippen LogP) is 12.6. The summed E-state index contributed by atoms with van der Waals surface area (Å²) in [6.45, 7) is 21.6. The van der Waals surface area contributed by atoms with Gasteiger partial charge in [-0.3, -0.25) is 4.79 Å². The topological polar surface area (TPSA) is 283 Å². The summed E-state index contributed by atoms with van der Waals surface area (Å²) < 4.78 is 42.1. The summed E-state index contributed by atoms with van der Waals surface area (Å²) in [4.78, 5) is 79.6. The Morgan fingerprint density at radius 1 is 0.434 bits per heavy atom. The minimum absolute atomic E-state index is 0. The van der Waals surface area contributed by atoms with E-state index in [-0.39, 0.29) is 64.6 Å². The highest BCUT2D eigenvalue weighted by Gasteiger charge is 2.39. The summed E-state index contributed by atoms with van der Waals surface area (Å²) in [5, 5.41) is 35.9. The van der Waals surface area contributed by atoms with Crippen LogP contribution in [0.3, 0.4) is 0 Å². The molecule has 7 aromatic carbocycles. The van der Waals surface area contributed by atoms with Crippen LogP contribution in [0.4, 0.5) is 39.3 Å². The first kappa shape index (κ1) is 89.8. The van der Waals surface area contributed by atoms with Crippen LogP contribution in [0.25, 0.3) is 32.3 Å². The van der Waals surface area contributed by atoms with Crippen LogP contribution in [0.1, 0.15) is 80.3 Å². The van der Waals surface area contributed by atoms with Crippen molar-refractivity contribution in [2.75, 3.05) is 201 Å². The van der Waals surface area contributed by atoms with Crippen molar-refractivity contribution in [2.45, 2.75) is 115 Å². The highest BCUT2D eigenvalue weighted by Crippen LogP contribution is 2.41. The molecular weight excluding hydrogens is 1630 g/mol. The lowest BCUT2D eigenvalue weighted by Crippen LogP contribution is -2.55. The molecule has 674 valence electrons. The molecule has 0 aliphatic carbocycles. The van der Waals surface area contributed by atoms with Gasteiger partial charge in [0.15, 0.2) is 0 Å². The number of benzene rings is 7. The van der Waals surface area contributed by atoms with Gasteiger partial charge in [-0.25, -0.2) is 4.79 Å². The largest absolute Gasteiger partial charge is 0.461 e. The van der Waals surface area contributed by atoms with E-state index in [0.717, 1.165) is 162 Å². The van der Waals surface area contributed by atoms with E-state index in [0.29, 0.717) is 122 Å². The maximum Gasteiger partial charge on any atom is 0.410 e. The Kier molecular flexibility index (Phi) is 29.7. The predicted molar refractivity (Wildman–Crippen MR) is 502 cm³/mol. The van der Waals surface area contributed by atoms with Crippen molar-refractivity contribution in [2.24, 2.45) is 5.92 Å². The molecule has 0 saturated carbocycles. The van der Waals surface area contributed by atoms with Crippen molar-refractivity contribution in [3.8, 4) is 36.2 Å². The van der Waals surface area contributed by atoms with E-state index < -0.39 is 6.09 Å². The van der Waals surface area contributed by atoms with Crippen LogP contribution in [0, 0.1) is 39.9 Å². The monoisotopic (exact) mass is 1750 g/mol. The first-order valence-corrected chi connectivity index (χ1v) is 45.2. The number of piperazine rings is 2. The highest BCUT2D eigenvalue weighted by atomic mass is 16.6. The fourth-order valence-corrected chi connectivity index (χ4v) is 19.3. The van der Waals surface area contributed by atoms with Crippen molar-refractivity contribution in [3.05, 3.63) is 210 Å². The second-order valence-electron chi connectivity index (χ2n) is 34.7. The molecule has 2 amide bonds. The van der Waals surface area contributed by atoms with Gasteiger partial charge in [0.25, 0.3) is 0 Å². The van der Waals surface area contributed by atoms with E-state index in [1.807, 2.05) is 30.3 Å². The third-order valence-corrected chi connectivity index (χ3v) is 25.9. The first-order chi connectivity index (χ1) is 62.8. The Morgan fingerprint density at radius 3 is 1.22 bits per heavy atom. The Bertz CT molecular complexity index is 5690. The van der Waals surface area contributed by atoms with Crippen molar-refractivity contribution in [1.82, 2.24) is 54.4 Å². The molecule has 0 N–H and O–H groups in total. The second-order valence-corrected chi connectivity index (χ2v) is 34.7. The van der Waals surface area contributed by atoms with Crippen LogP contribution >= 0.6 is 0 Å². The number of likely N-dealkylation sites (N-methyl/N-ethyl adjacent to an activating group) is 3. The lowest BCUT2D eigenvalue weighted by Gasteiger charge is -2.42. The van der Waals surface area contributed by atoms with Crippen LogP contribution in [0.15, 0.2) is 170 Å². The number of hydrogen-bond acceptors (Lipinski definition) is 27. The third-order valence-electron chi connectivity index (χ3n) is 25.9. The molecule has 6 atom stereocenters. The Hall–Kier alpha value is -12.5. The average Bonchev–Trinajstić information content (AvgIpc) is 0.779. The molecule has 19 rings (SSSR count). The first-order valence-electron chi connectivity index (χ1n) is 45.2. The van der Waals surface area contributed by atoms with Gasteiger partial charge in [-0.15, -0.1) is 0 Å². The smallest absolute Gasteiger partial charge is 0.410 e. The Morgan fingerprint density at radius 2 is 0.814 bits per heavy atom. The van der Waals surface area contributed by atoms with E-state index in [4.69, 9.17) is 63.1 Å². The number of rotatable bonds is 21. The van der Waals surface area contributed by atoms with Gasteiger partial charge in [0.1, 0.15) is 62.2 Å². The second kappa shape index (κ2) is 42.6. The number of hydrogen-bond donors (Lipinski definition) is 0. The molecule has 29 heteroatoms. The zero-order valence-electron chi connectivity index (χ0n) is 73.6. The summed E-state index contributed by atoms with van der Waals surface area (Å²) in [5.74, 6) is 2.88. The Balaban J connectivity index is 0.000000149. The maximum absolute atomic E-state index is 13.2. The fourth-order valence-electron chi connectivity index (χ4n) is 19.3. The van der Waals surface area contributed by atoms with Crippen LogP contribution in [-0.4, -0.2) is 269 Å². The SMILES string of the molecule is C.C=CC(=O)N1CCN(c2nc(OC[C@H]3CN(C)CCO3)nc3c2CCN(c2cccc4ccccc24)C3)C[C@@H]1CC#N.CN1CCO[C@@H](COc2nc3c(c(N4CCC[C@@H](CC#N)C4)n2)CCN(c2cccc4ccccc24)C3)C1.CN1CCO[C@@H](COc2nc3c(c(N4CCN(C(=O)OCc5ccccc5)[C@@H](CC#N)C4)n2)CCN(c2cccc4ccccc24)C3)C1.[2HH]. The van der Waals surface area contributed by atoms with Crippen LogP contribution < -0.4 is 43.6 Å². The number of fused-ring (bicyclic) bond motifs is 6. The number of nitriles is 3. The van der Waals surface area contributed by atoms with E-state index in [2.05, 4.69) is 217 Å². The zero-order chi connectivity index (χ0) is 87.8. The highest BCUT2D eigenvalue weighted by molar-refractivity contribution is 5.96. The Labute approximate surface area is 758 Å². The van der Waals surface area contributed by atoms with Gasteiger partial charge in [-0.05, 0) is 105 Å². The molecule has 0 radical (unpaired) electrons. The molecule has 0 unspecified atom stereocenters. The molecule has 129 heavy (non-hydrogen) atoms. The van der Waals surface area contributed by atoms with E-state index in [1.165, 1.54) is 61.0 Å². The minimum Gasteiger partial charge on any atom is -0.461 e. The normalized spacial score (nSPS) is 20.8. The molecule has 29 nitrogen and oxygen atoms in total. The molecule has 9 aliphatic rings. The van der Waals surface area contributed by atoms with Gasteiger partial charge >= 0.3 is 24.1 Å². The summed E-state index contributed by atoms with van der Waals surface area (Å²) in [5.41, 5.74) is 10.8. The van der Waals surface area contributed by atoms with E-state index >= 15 is 0 Å². The zero-order valence-corrected chi connectivity index (χ0v) is 73.6. The minimum atomic E-state index is -0.407.